The zero-order chi connectivity index (χ0) is 8.65. The molecule has 0 atom stereocenters. The third kappa shape index (κ3) is 1.75. The molecule has 1 aliphatic rings. The highest BCUT2D eigenvalue weighted by molar-refractivity contribution is 8.08. The van der Waals surface area contributed by atoms with Gasteiger partial charge in [-0.1, -0.05) is 0 Å². The van der Waals surface area contributed by atoms with E-state index in [2.05, 4.69) is 11.8 Å². The number of rotatable bonds is 1. The molecule has 0 unspecified atom stereocenters. The molecule has 0 bridgehead atoms. The summed E-state index contributed by atoms with van der Waals surface area (Å²) < 4.78 is 0.546. The maximum Gasteiger partial charge on any atom is 0.331 e. The van der Waals surface area contributed by atoms with E-state index < -0.39 is 18.6 Å². The first-order valence-corrected chi connectivity index (χ1v) is 5.24. The molecule has 6 nitrogen and oxygen atoms in total. The Balaban J connectivity index is 2.84. The highest BCUT2D eigenvalue weighted by Crippen LogP contribution is 2.41. The zero-order valence-electron chi connectivity index (χ0n) is 5.22. The summed E-state index contributed by atoms with van der Waals surface area (Å²) in [6.07, 6.45) is 0. The second-order valence-electron chi connectivity index (χ2n) is 1.92. The van der Waals surface area contributed by atoms with Gasteiger partial charge in [0.15, 0.2) is 0 Å². The molecule has 1 fully saturated rings. The van der Waals surface area contributed by atoms with Gasteiger partial charge in [-0.3, -0.25) is 10.1 Å². The van der Waals surface area contributed by atoms with Gasteiger partial charge in [-0.05, 0) is 11.8 Å². The Hall–Kier alpha value is -0.490. The van der Waals surface area contributed by atoms with E-state index in [9.17, 15) is 9.59 Å². The topological polar surface area (TPSA) is 89.9 Å². The SMILES string of the molecule is O=C1CN(P(O)(O)=S)C(=O)N1. The van der Waals surface area contributed by atoms with Crippen LogP contribution in [0, 0.1) is 0 Å². The minimum Gasteiger partial charge on any atom is -0.329 e. The van der Waals surface area contributed by atoms with Crippen LogP contribution in [-0.2, 0) is 16.6 Å². The van der Waals surface area contributed by atoms with Crippen molar-refractivity contribution in [2.24, 2.45) is 0 Å². The van der Waals surface area contributed by atoms with Crippen molar-refractivity contribution in [3.8, 4) is 0 Å². The van der Waals surface area contributed by atoms with E-state index in [0.29, 0.717) is 4.67 Å². The molecule has 0 saturated carbocycles. The second-order valence-corrected chi connectivity index (χ2v) is 4.90. The Bertz CT molecular complexity index is 260. The standard InChI is InChI=1S/C3H5N2O4PS/c6-2-1-5(3(7)4-2)10(8,9)11/h1H2,(H,4,6,7)(H2,8,9,11). The number of nitrogens with one attached hydrogen (secondary N) is 1. The average Bonchev–Trinajstić information content (AvgIpc) is 2.08. The van der Waals surface area contributed by atoms with Crippen LogP contribution >= 0.6 is 6.64 Å². The number of carbonyl (C=O) groups excluding carboxylic acids is 2. The van der Waals surface area contributed by atoms with E-state index in [1.807, 2.05) is 5.32 Å². The highest BCUT2D eigenvalue weighted by atomic mass is 32.5. The van der Waals surface area contributed by atoms with Gasteiger partial charge in [-0.15, -0.1) is 0 Å². The molecule has 1 heterocycles. The van der Waals surface area contributed by atoms with Gasteiger partial charge < -0.3 is 9.79 Å². The third-order valence-electron chi connectivity index (χ3n) is 1.09. The van der Waals surface area contributed by atoms with Gasteiger partial charge in [-0.25, -0.2) is 9.46 Å². The predicted molar refractivity (Wildman–Crippen MR) is 39.0 cm³/mol. The van der Waals surface area contributed by atoms with Crippen molar-refractivity contribution in [3.05, 3.63) is 0 Å². The fourth-order valence-electron chi connectivity index (χ4n) is 0.642. The quantitative estimate of drug-likeness (QED) is 0.360. The molecule has 3 amide bonds. The number of hydrogen-bond acceptors (Lipinski definition) is 3. The van der Waals surface area contributed by atoms with Crippen molar-refractivity contribution in [3.63, 3.8) is 0 Å². The first-order chi connectivity index (χ1) is 4.91. The van der Waals surface area contributed by atoms with Crippen molar-refractivity contribution in [2.75, 3.05) is 6.54 Å². The monoisotopic (exact) mass is 196 g/mol. The Morgan fingerprint density at radius 2 is 2.09 bits per heavy atom. The van der Waals surface area contributed by atoms with E-state index in [-0.39, 0.29) is 6.54 Å². The van der Waals surface area contributed by atoms with Crippen LogP contribution in [0.15, 0.2) is 0 Å². The van der Waals surface area contributed by atoms with Crippen molar-refractivity contribution >= 4 is 30.4 Å². The van der Waals surface area contributed by atoms with E-state index in [1.165, 1.54) is 0 Å². The lowest BCUT2D eigenvalue weighted by Gasteiger charge is -2.17. The number of carbonyl (C=O) groups is 2. The number of urea groups is 1. The highest BCUT2D eigenvalue weighted by Gasteiger charge is 2.35. The Morgan fingerprint density at radius 3 is 2.27 bits per heavy atom. The molecule has 0 spiro atoms. The first kappa shape index (κ1) is 8.61. The van der Waals surface area contributed by atoms with Crippen LogP contribution in [-0.4, -0.2) is 32.9 Å². The minimum atomic E-state index is -3.77. The van der Waals surface area contributed by atoms with Crippen LogP contribution in [0.5, 0.6) is 0 Å². The number of hydrogen-bond donors (Lipinski definition) is 3. The average molecular weight is 196 g/mol. The normalized spacial score (nSPS) is 18.9. The number of amides is 3. The van der Waals surface area contributed by atoms with Crippen LogP contribution in [0.1, 0.15) is 0 Å². The molecule has 1 aliphatic heterocycles. The fourth-order valence-corrected chi connectivity index (χ4v) is 1.64. The third-order valence-corrected chi connectivity index (χ3v) is 2.63. The van der Waals surface area contributed by atoms with E-state index in [0.717, 1.165) is 0 Å². The van der Waals surface area contributed by atoms with Gasteiger partial charge in [0.25, 0.3) is 6.64 Å². The zero-order valence-corrected chi connectivity index (χ0v) is 6.93. The lowest BCUT2D eigenvalue weighted by atomic mass is 10.7. The lowest BCUT2D eigenvalue weighted by molar-refractivity contribution is -0.118. The largest absolute Gasteiger partial charge is 0.331 e. The summed E-state index contributed by atoms with van der Waals surface area (Å²) in [6.45, 7) is -4.14. The molecule has 62 valence electrons. The Labute approximate surface area is 67.0 Å². The van der Waals surface area contributed by atoms with Gasteiger partial charge in [0.2, 0.25) is 5.91 Å². The Morgan fingerprint density at radius 1 is 1.55 bits per heavy atom. The first-order valence-electron chi connectivity index (χ1n) is 2.58. The molecule has 8 heteroatoms. The van der Waals surface area contributed by atoms with E-state index >= 15 is 0 Å². The molecular weight excluding hydrogens is 191 g/mol. The summed E-state index contributed by atoms with van der Waals surface area (Å²) >= 11 is 4.21. The van der Waals surface area contributed by atoms with Gasteiger partial charge in [0, 0.05) is 0 Å². The van der Waals surface area contributed by atoms with Gasteiger partial charge in [0.05, 0.1) is 0 Å². The summed E-state index contributed by atoms with van der Waals surface area (Å²) in [4.78, 5) is 38.8. The number of nitrogens with zero attached hydrogens (tertiary/aromatic N) is 1. The molecular formula is C3H5N2O4PS. The van der Waals surface area contributed by atoms with Crippen molar-refractivity contribution < 1.29 is 19.4 Å². The minimum absolute atomic E-state index is 0.372. The molecule has 3 N–H and O–H groups in total. The summed E-state index contributed by atoms with van der Waals surface area (Å²) in [6, 6.07) is -0.844. The fraction of sp³-hybridized carbons (Fsp3) is 0.333. The predicted octanol–water partition coefficient (Wildman–Crippen LogP) is -1.25. The summed E-state index contributed by atoms with van der Waals surface area (Å²) in [7, 11) is 0. The van der Waals surface area contributed by atoms with Crippen molar-refractivity contribution in [1.82, 2.24) is 9.99 Å². The molecule has 1 saturated heterocycles. The van der Waals surface area contributed by atoms with Crippen molar-refractivity contribution in [2.45, 2.75) is 0 Å². The molecule has 0 aromatic rings. The number of imide groups is 1. The van der Waals surface area contributed by atoms with Gasteiger partial charge in [-0.2, -0.15) is 0 Å². The molecule has 0 aliphatic carbocycles. The molecule has 0 radical (unpaired) electrons. The van der Waals surface area contributed by atoms with Crippen LogP contribution in [0.3, 0.4) is 0 Å². The van der Waals surface area contributed by atoms with Crippen molar-refractivity contribution in [1.29, 1.82) is 0 Å². The van der Waals surface area contributed by atoms with Crippen LogP contribution in [0.4, 0.5) is 4.79 Å². The summed E-state index contributed by atoms with van der Waals surface area (Å²) in [5, 5.41) is 1.86. The molecule has 11 heavy (non-hydrogen) atoms. The molecule has 0 aromatic carbocycles. The summed E-state index contributed by atoms with van der Waals surface area (Å²) in [5.41, 5.74) is 0. The Kier molecular flexibility index (Phi) is 1.98. The van der Waals surface area contributed by atoms with Gasteiger partial charge >= 0.3 is 6.03 Å². The lowest BCUT2D eigenvalue weighted by Crippen LogP contribution is -2.25. The van der Waals surface area contributed by atoms with Gasteiger partial charge in [0.1, 0.15) is 6.54 Å². The maximum absolute atomic E-state index is 10.7. The second kappa shape index (κ2) is 2.53. The van der Waals surface area contributed by atoms with Crippen LogP contribution in [0.25, 0.3) is 0 Å². The molecule has 0 aromatic heterocycles. The summed E-state index contributed by atoms with van der Waals surface area (Å²) in [5.74, 6) is -0.577. The van der Waals surface area contributed by atoms with Crippen LogP contribution < -0.4 is 5.32 Å². The maximum atomic E-state index is 10.7. The molecule has 1 rings (SSSR count). The smallest absolute Gasteiger partial charge is 0.329 e. The van der Waals surface area contributed by atoms with Crippen LogP contribution in [0.2, 0.25) is 0 Å². The van der Waals surface area contributed by atoms with E-state index in [4.69, 9.17) is 9.79 Å². The van der Waals surface area contributed by atoms with E-state index in [1.54, 1.807) is 0 Å².